The third-order valence-electron chi connectivity index (χ3n) is 4.46. The smallest absolute Gasteiger partial charge is 0.242 e. The molecule has 2 atom stereocenters. The lowest BCUT2D eigenvalue weighted by Gasteiger charge is -2.39. The number of nitrogens with two attached hydrogens (primary N) is 1. The minimum atomic E-state index is -0.651. The van der Waals surface area contributed by atoms with Gasteiger partial charge in [-0.3, -0.25) is 4.79 Å². The molecule has 0 saturated heterocycles. The molecule has 116 valence electrons. The number of carbonyl (C=O) groups excluding carboxylic acids is 1. The molecule has 3 nitrogen and oxygen atoms in total. The van der Waals surface area contributed by atoms with Gasteiger partial charge in [-0.15, -0.1) is 0 Å². The Morgan fingerprint density at radius 3 is 2.71 bits per heavy atom. The number of hydrogen-bond acceptors (Lipinski definition) is 2. The molecule has 0 radical (unpaired) electrons. The molecule has 0 aliphatic heterocycles. The van der Waals surface area contributed by atoms with Crippen molar-refractivity contribution in [2.45, 2.75) is 58.0 Å². The van der Waals surface area contributed by atoms with Crippen LogP contribution in [0.2, 0.25) is 0 Å². The topological polar surface area (TPSA) is 46.3 Å². The molecule has 21 heavy (non-hydrogen) atoms. The Labute approximate surface area is 128 Å². The first-order valence-corrected chi connectivity index (χ1v) is 8.17. The molecule has 1 saturated carbocycles. The molecule has 0 aromatic heterocycles. The van der Waals surface area contributed by atoms with Crippen LogP contribution in [-0.2, 0) is 11.3 Å². The third kappa shape index (κ3) is 4.07. The normalized spacial score (nSPS) is 25.6. The monoisotopic (exact) mass is 288 g/mol. The molecule has 1 aliphatic carbocycles. The zero-order valence-electron chi connectivity index (χ0n) is 13.3. The molecule has 0 bridgehead atoms. The van der Waals surface area contributed by atoms with E-state index in [9.17, 15) is 4.79 Å². The summed E-state index contributed by atoms with van der Waals surface area (Å²) >= 11 is 0. The van der Waals surface area contributed by atoms with Crippen LogP contribution in [0.4, 0.5) is 0 Å². The lowest BCUT2D eigenvalue weighted by Crippen LogP contribution is -2.57. The highest BCUT2D eigenvalue weighted by Crippen LogP contribution is 2.32. The Bertz CT molecular complexity index is 460. The lowest BCUT2D eigenvalue weighted by atomic mass is 9.76. The molecule has 1 aliphatic rings. The van der Waals surface area contributed by atoms with Crippen LogP contribution in [0.25, 0.3) is 0 Å². The van der Waals surface area contributed by atoms with Crippen molar-refractivity contribution in [3.63, 3.8) is 0 Å². The Kier molecular flexibility index (Phi) is 5.40. The minimum absolute atomic E-state index is 0.139. The van der Waals surface area contributed by atoms with Crippen LogP contribution >= 0.6 is 0 Å². The highest BCUT2D eigenvalue weighted by atomic mass is 16.2. The molecule has 3 heteroatoms. The van der Waals surface area contributed by atoms with Crippen molar-refractivity contribution in [2.75, 3.05) is 6.54 Å². The van der Waals surface area contributed by atoms with Crippen molar-refractivity contribution >= 4 is 5.91 Å². The van der Waals surface area contributed by atoms with Crippen molar-refractivity contribution < 1.29 is 4.79 Å². The first kappa shape index (κ1) is 16.0. The van der Waals surface area contributed by atoms with E-state index in [0.29, 0.717) is 12.5 Å². The largest absolute Gasteiger partial charge is 0.337 e. The van der Waals surface area contributed by atoms with Crippen LogP contribution in [0.5, 0.6) is 0 Å². The van der Waals surface area contributed by atoms with Crippen LogP contribution in [0.1, 0.15) is 51.5 Å². The standard InChI is InChI=1S/C18H28N2O/c1-3-12-20(14-16-9-5-4-6-10-16)17(21)18(19)11-7-8-15(2)13-18/h4-6,9-10,15H,3,7-8,11-14,19H2,1-2H3. The zero-order chi connectivity index (χ0) is 15.3. The van der Waals surface area contributed by atoms with Gasteiger partial charge in [0.1, 0.15) is 0 Å². The summed E-state index contributed by atoms with van der Waals surface area (Å²) in [6.07, 6.45) is 4.86. The van der Waals surface area contributed by atoms with Gasteiger partial charge in [0, 0.05) is 13.1 Å². The second-order valence-electron chi connectivity index (χ2n) is 6.57. The second-order valence-corrected chi connectivity index (χ2v) is 6.57. The average Bonchev–Trinajstić information content (AvgIpc) is 2.47. The number of benzene rings is 1. The van der Waals surface area contributed by atoms with Gasteiger partial charge in [-0.1, -0.05) is 57.0 Å². The molecule has 1 amide bonds. The summed E-state index contributed by atoms with van der Waals surface area (Å²) in [6, 6.07) is 10.2. The van der Waals surface area contributed by atoms with Crippen molar-refractivity contribution in [3.8, 4) is 0 Å². The van der Waals surface area contributed by atoms with Gasteiger partial charge in [-0.2, -0.15) is 0 Å². The summed E-state index contributed by atoms with van der Waals surface area (Å²) in [6.45, 7) is 5.76. The summed E-state index contributed by atoms with van der Waals surface area (Å²) in [7, 11) is 0. The first-order chi connectivity index (χ1) is 10.0. The van der Waals surface area contributed by atoms with Crippen LogP contribution in [0.15, 0.2) is 30.3 Å². The maximum absolute atomic E-state index is 13.0. The molecule has 1 fully saturated rings. The van der Waals surface area contributed by atoms with Gasteiger partial charge >= 0.3 is 0 Å². The second kappa shape index (κ2) is 7.08. The highest BCUT2D eigenvalue weighted by molar-refractivity contribution is 5.86. The predicted octanol–water partition coefficient (Wildman–Crippen LogP) is 3.33. The summed E-state index contributed by atoms with van der Waals surface area (Å²) in [5.74, 6) is 0.688. The van der Waals surface area contributed by atoms with Crippen LogP contribution in [-0.4, -0.2) is 22.9 Å². The van der Waals surface area contributed by atoms with E-state index in [1.807, 2.05) is 23.1 Å². The van der Waals surface area contributed by atoms with E-state index in [1.165, 1.54) is 12.0 Å². The Morgan fingerprint density at radius 1 is 1.38 bits per heavy atom. The molecule has 0 spiro atoms. The Balaban J connectivity index is 2.11. The van der Waals surface area contributed by atoms with Crippen LogP contribution < -0.4 is 5.73 Å². The van der Waals surface area contributed by atoms with E-state index < -0.39 is 5.54 Å². The maximum atomic E-state index is 13.0. The summed E-state index contributed by atoms with van der Waals surface area (Å²) in [4.78, 5) is 14.9. The third-order valence-corrected chi connectivity index (χ3v) is 4.46. The number of carbonyl (C=O) groups is 1. The van der Waals surface area contributed by atoms with Crippen molar-refractivity contribution in [2.24, 2.45) is 11.7 Å². The average molecular weight is 288 g/mol. The first-order valence-electron chi connectivity index (χ1n) is 8.17. The number of nitrogens with zero attached hydrogens (tertiary/aromatic N) is 1. The minimum Gasteiger partial charge on any atom is -0.337 e. The van der Waals surface area contributed by atoms with E-state index in [-0.39, 0.29) is 5.91 Å². The molecular weight excluding hydrogens is 260 g/mol. The quantitative estimate of drug-likeness (QED) is 0.903. The fraction of sp³-hybridized carbons (Fsp3) is 0.611. The van der Waals surface area contributed by atoms with Gasteiger partial charge in [0.25, 0.3) is 0 Å². The van der Waals surface area contributed by atoms with Crippen LogP contribution in [0.3, 0.4) is 0 Å². The fourth-order valence-corrected chi connectivity index (χ4v) is 3.43. The van der Waals surface area contributed by atoms with E-state index in [1.54, 1.807) is 0 Å². The molecule has 1 aromatic carbocycles. The number of amides is 1. The van der Waals surface area contributed by atoms with Crippen molar-refractivity contribution in [1.82, 2.24) is 4.90 Å². The van der Waals surface area contributed by atoms with E-state index in [4.69, 9.17) is 5.73 Å². The fourth-order valence-electron chi connectivity index (χ4n) is 3.43. The van der Waals surface area contributed by atoms with E-state index in [2.05, 4.69) is 26.0 Å². The molecule has 2 rings (SSSR count). The van der Waals surface area contributed by atoms with Crippen LogP contribution in [0, 0.1) is 5.92 Å². The van der Waals surface area contributed by atoms with Gasteiger partial charge in [-0.25, -0.2) is 0 Å². The summed E-state index contributed by atoms with van der Waals surface area (Å²) in [5.41, 5.74) is 7.01. The zero-order valence-corrected chi connectivity index (χ0v) is 13.3. The lowest BCUT2D eigenvalue weighted by molar-refractivity contribution is -0.139. The van der Waals surface area contributed by atoms with E-state index >= 15 is 0 Å². The van der Waals surface area contributed by atoms with E-state index in [0.717, 1.165) is 32.2 Å². The number of rotatable bonds is 5. The van der Waals surface area contributed by atoms with Gasteiger partial charge in [0.15, 0.2) is 0 Å². The van der Waals surface area contributed by atoms with Gasteiger partial charge in [0.2, 0.25) is 5.91 Å². The SMILES string of the molecule is CCCN(Cc1ccccc1)C(=O)C1(N)CCCC(C)C1. The molecule has 0 heterocycles. The summed E-state index contributed by atoms with van der Waals surface area (Å²) < 4.78 is 0. The molecule has 2 N–H and O–H groups in total. The number of hydrogen-bond donors (Lipinski definition) is 1. The molecule has 2 unspecified atom stereocenters. The maximum Gasteiger partial charge on any atom is 0.242 e. The van der Waals surface area contributed by atoms with Gasteiger partial charge in [-0.05, 0) is 30.7 Å². The van der Waals surface area contributed by atoms with Gasteiger partial charge in [0.05, 0.1) is 5.54 Å². The van der Waals surface area contributed by atoms with Crippen molar-refractivity contribution in [1.29, 1.82) is 0 Å². The summed E-state index contributed by atoms with van der Waals surface area (Å²) in [5, 5.41) is 0. The Hall–Kier alpha value is -1.35. The molecule has 1 aromatic rings. The molecular formula is C18H28N2O. The predicted molar refractivity (Wildman–Crippen MR) is 86.7 cm³/mol. The Morgan fingerprint density at radius 2 is 2.10 bits per heavy atom. The van der Waals surface area contributed by atoms with Gasteiger partial charge < -0.3 is 10.6 Å². The van der Waals surface area contributed by atoms with Crippen molar-refractivity contribution in [3.05, 3.63) is 35.9 Å². The highest BCUT2D eigenvalue weighted by Gasteiger charge is 2.40.